The molecule has 1 aromatic rings. The van der Waals surface area contributed by atoms with Crippen molar-refractivity contribution in [2.45, 2.75) is 46.5 Å². The predicted octanol–water partition coefficient (Wildman–Crippen LogP) is 1.74. The molecular formula is C21H33N3O5. The Labute approximate surface area is 172 Å². The molecule has 1 aliphatic rings. The van der Waals surface area contributed by atoms with Gasteiger partial charge in [-0.25, -0.2) is 4.79 Å². The monoisotopic (exact) mass is 407 g/mol. The quantitative estimate of drug-likeness (QED) is 0.480. The van der Waals surface area contributed by atoms with Crippen LogP contribution >= 0.6 is 0 Å². The molecule has 0 atom stereocenters. The highest BCUT2D eigenvalue weighted by molar-refractivity contribution is 5.90. The van der Waals surface area contributed by atoms with E-state index < -0.39 is 0 Å². The molecule has 1 aromatic heterocycles. The first-order valence-corrected chi connectivity index (χ1v) is 10.3. The van der Waals surface area contributed by atoms with E-state index in [-0.39, 0.29) is 23.7 Å². The van der Waals surface area contributed by atoms with E-state index in [2.05, 4.69) is 10.3 Å². The first-order chi connectivity index (χ1) is 13.9. The molecule has 0 saturated carbocycles. The minimum absolute atomic E-state index is 0.0409. The van der Waals surface area contributed by atoms with Crippen LogP contribution in [-0.2, 0) is 25.5 Å². The average Bonchev–Trinajstić information content (AvgIpc) is 3.00. The number of amides is 2. The minimum atomic E-state index is -0.364. The number of likely N-dealkylation sites (tertiary alicyclic amines) is 1. The van der Waals surface area contributed by atoms with Gasteiger partial charge in [-0.15, -0.1) is 0 Å². The van der Waals surface area contributed by atoms with Crippen molar-refractivity contribution in [1.82, 2.24) is 15.2 Å². The van der Waals surface area contributed by atoms with Crippen molar-refractivity contribution in [1.29, 1.82) is 0 Å². The molecule has 1 aliphatic heterocycles. The number of hydrogen-bond acceptors (Lipinski definition) is 5. The van der Waals surface area contributed by atoms with E-state index in [1.807, 2.05) is 18.7 Å². The lowest BCUT2D eigenvalue weighted by Gasteiger charge is -2.31. The van der Waals surface area contributed by atoms with E-state index in [0.29, 0.717) is 64.2 Å². The zero-order valence-electron chi connectivity index (χ0n) is 17.9. The van der Waals surface area contributed by atoms with Crippen LogP contribution in [0.2, 0.25) is 0 Å². The van der Waals surface area contributed by atoms with Crippen LogP contribution in [0.25, 0.3) is 0 Å². The van der Waals surface area contributed by atoms with Gasteiger partial charge in [0.25, 0.3) is 0 Å². The Balaban J connectivity index is 1.84. The van der Waals surface area contributed by atoms with E-state index in [9.17, 15) is 14.4 Å². The van der Waals surface area contributed by atoms with Crippen molar-refractivity contribution in [3.8, 4) is 0 Å². The molecule has 2 N–H and O–H groups in total. The zero-order valence-corrected chi connectivity index (χ0v) is 17.9. The number of nitrogens with zero attached hydrogens (tertiary/aromatic N) is 1. The van der Waals surface area contributed by atoms with Gasteiger partial charge < -0.3 is 24.7 Å². The number of methoxy groups -OCH3 is 1. The van der Waals surface area contributed by atoms with Crippen LogP contribution in [0.15, 0.2) is 0 Å². The van der Waals surface area contributed by atoms with Gasteiger partial charge in [-0.05, 0) is 51.2 Å². The molecule has 8 heteroatoms. The van der Waals surface area contributed by atoms with Crippen LogP contribution in [0.1, 0.15) is 53.5 Å². The summed E-state index contributed by atoms with van der Waals surface area (Å²) in [5, 5.41) is 2.87. The second-order valence-corrected chi connectivity index (χ2v) is 7.39. The molecule has 2 rings (SSSR count). The number of aryl methyl sites for hydroxylation is 1. The molecule has 0 radical (unpaired) electrons. The number of aromatic nitrogens is 1. The van der Waals surface area contributed by atoms with Gasteiger partial charge in [0.2, 0.25) is 11.8 Å². The van der Waals surface area contributed by atoms with E-state index in [1.165, 1.54) is 0 Å². The molecule has 0 spiro atoms. The largest absolute Gasteiger partial charge is 0.461 e. The zero-order chi connectivity index (χ0) is 21.4. The number of rotatable bonds is 9. The van der Waals surface area contributed by atoms with E-state index in [1.54, 1.807) is 14.0 Å². The van der Waals surface area contributed by atoms with Crippen molar-refractivity contribution in [2.75, 3.05) is 40.0 Å². The summed E-state index contributed by atoms with van der Waals surface area (Å²) in [5.74, 6) is -0.283. The maximum Gasteiger partial charge on any atom is 0.355 e. The van der Waals surface area contributed by atoms with Crippen molar-refractivity contribution >= 4 is 17.8 Å². The fourth-order valence-electron chi connectivity index (χ4n) is 3.77. The van der Waals surface area contributed by atoms with Gasteiger partial charge in [0.05, 0.1) is 13.2 Å². The minimum Gasteiger partial charge on any atom is -0.461 e. The van der Waals surface area contributed by atoms with Crippen molar-refractivity contribution in [3.63, 3.8) is 0 Å². The van der Waals surface area contributed by atoms with Gasteiger partial charge in [-0.3, -0.25) is 9.59 Å². The summed E-state index contributed by atoms with van der Waals surface area (Å²) in [6, 6.07) is 0. The predicted molar refractivity (Wildman–Crippen MR) is 109 cm³/mol. The lowest BCUT2D eigenvalue weighted by atomic mass is 9.95. The Hall–Kier alpha value is -2.35. The average molecular weight is 408 g/mol. The molecule has 29 heavy (non-hydrogen) atoms. The molecular weight excluding hydrogens is 374 g/mol. The van der Waals surface area contributed by atoms with Crippen LogP contribution < -0.4 is 5.32 Å². The summed E-state index contributed by atoms with van der Waals surface area (Å²) in [4.78, 5) is 41.7. The normalized spacial score (nSPS) is 14.7. The second kappa shape index (κ2) is 11.0. The van der Waals surface area contributed by atoms with Gasteiger partial charge >= 0.3 is 5.97 Å². The van der Waals surface area contributed by atoms with Crippen LogP contribution in [0.3, 0.4) is 0 Å². The Bertz CT molecular complexity index is 720. The molecule has 0 bridgehead atoms. The van der Waals surface area contributed by atoms with Gasteiger partial charge in [0.1, 0.15) is 5.69 Å². The molecule has 1 saturated heterocycles. The Morgan fingerprint density at radius 2 is 1.90 bits per heavy atom. The maximum atomic E-state index is 12.6. The van der Waals surface area contributed by atoms with Gasteiger partial charge in [-0.2, -0.15) is 0 Å². The lowest BCUT2D eigenvalue weighted by molar-refractivity contribution is -0.135. The summed E-state index contributed by atoms with van der Waals surface area (Å²) >= 11 is 0. The topological polar surface area (TPSA) is 101 Å². The lowest BCUT2D eigenvalue weighted by Crippen LogP contribution is -2.43. The highest BCUT2D eigenvalue weighted by Crippen LogP contribution is 2.22. The summed E-state index contributed by atoms with van der Waals surface area (Å²) in [7, 11) is 1.60. The molecule has 0 unspecified atom stereocenters. The number of carbonyl (C=O) groups excluding carboxylic acids is 3. The third-order valence-corrected chi connectivity index (χ3v) is 5.49. The summed E-state index contributed by atoms with van der Waals surface area (Å²) in [6.07, 6.45) is 2.32. The van der Waals surface area contributed by atoms with E-state index in [4.69, 9.17) is 9.47 Å². The maximum absolute atomic E-state index is 12.6. The molecule has 162 valence electrons. The Kier molecular flexibility index (Phi) is 8.70. The molecule has 1 fully saturated rings. The third kappa shape index (κ3) is 6.06. The molecule has 0 aromatic carbocycles. The first-order valence-electron chi connectivity index (χ1n) is 10.3. The van der Waals surface area contributed by atoms with Gasteiger partial charge in [-0.1, -0.05) is 0 Å². The summed E-state index contributed by atoms with van der Waals surface area (Å²) < 4.78 is 10.0. The first kappa shape index (κ1) is 22.9. The van der Waals surface area contributed by atoms with Gasteiger partial charge in [0, 0.05) is 44.8 Å². The number of ether oxygens (including phenoxy) is 2. The standard InChI is InChI=1S/C21H33N3O5/c1-5-29-21(27)19-14(2)17(15(3)23-19)6-7-18(25)24-11-8-16(9-12-24)20(26)22-10-13-28-4/h16,23H,5-13H2,1-4H3,(H,22,26). The van der Waals surface area contributed by atoms with E-state index >= 15 is 0 Å². The molecule has 8 nitrogen and oxygen atoms in total. The summed E-state index contributed by atoms with van der Waals surface area (Å²) in [6.45, 7) is 8.09. The SMILES string of the molecule is CCOC(=O)c1[nH]c(C)c(CCC(=O)N2CCC(C(=O)NCCOC)CC2)c1C. The Morgan fingerprint density at radius 1 is 1.21 bits per heavy atom. The summed E-state index contributed by atoms with van der Waals surface area (Å²) in [5.41, 5.74) is 3.20. The molecule has 2 amide bonds. The second-order valence-electron chi connectivity index (χ2n) is 7.39. The van der Waals surface area contributed by atoms with Crippen LogP contribution in [0, 0.1) is 19.8 Å². The van der Waals surface area contributed by atoms with Crippen molar-refractivity contribution in [3.05, 3.63) is 22.5 Å². The highest BCUT2D eigenvalue weighted by atomic mass is 16.5. The van der Waals surface area contributed by atoms with Crippen LogP contribution in [-0.4, -0.2) is 67.6 Å². The number of carbonyl (C=O) groups is 3. The van der Waals surface area contributed by atoms with Gasteiger partial charge in [0.15, 0.2) is 0 Å². The van der Waals surface area contributed by atoms with E-state index in [0.717, 1.165) is 16.8 Å². The number of esters is 1. The Morgan fingerprint density at radius 3 is 2.52 bits per heavy atom. The number of aromatic amines is 1. The fraction of sp³-hybridized carbons (Fsp3) is 0.667. The highest BCUT2D eigenvalue weighted by Gasteiger charge is 2.27. The fourth-order valence-corrected chi connectivity index (χ4v) is 3.77. The number of piperidine rings is 1. The van der Waals surface area contributed by atoms with Crippen molar-refractivity contribution in [2.24, 2.45) is 5.92 Å². The number of H-pyrrole nitrogens is 1. The van der Waals surface area contributed by atoms with Crippen molar-refractivity contribution < 1.29 is 23.9 Å². The third-order valence-electron chi connectivity index (χ3n) is 5.49. The molecule has 2 heterocycles. The smallest absolute Gasteiger partial charge is 0.355 e. The number of nitrogens with one attached hydrogen (secondary N) is 2. The number of hydrogen-bond donors (Lipinski definition) is 2. The van der Waals surface area contributed by atoms with Crippen LogP contribution in [0.5, 0.6) is 0 Å². The molecule has 0 aliphatic carbocycles. The van der Waals surface area contributed by atoms with Crippen LogP contribution in [0.4, 0.5) is 0 Å².